The van der Waals surface area contributed by atoms with E-state index in [-0.39, 0.29) is 10.2 Å². The summed E-state index contributed by atoms with van der Waals surface area (Å²) in [4.78, 5) is 4.27. The fourth-order valence-electron chi connectivity index (χ4n) is 3.53. The van der Waals surface area contributed by atoms with Gasteiger partial charge in [0.1, 0.15) is 21.8 Å². The molecule has 1 heterocycles. The van der Waals surface area contributed by atoms with Gasteiger partial charge in [0, 0.05) is 23.4 Å². The van der Waals surface area contributed by atoms with Crippen LogP contribution in [0.25, 0.3) is 0 Å². The van der Waals surface area contributed by atoms with Crippen molar-refractivity contribution in [2.45, 2.75) is 64.0 Å². The summed E-state index contributed by atoms with van der Waals surface area (Å²) in [6.07, 6.45) is 11.0. The second-order valence-corrected chi connectivity index (χ2v) is 9.26. The van der Waals surface area contributed by atoms with Gasteiger partial charge in [-0.1, -0.05) is 23.7 Å². The Morgan fingerprint density at radius 3 is 2.62 bits per heavy atom. The molecule has 3 rings (SSSR count). The normalized spacial score (nSPS) is 24.3. The van der Waals surface area contributed by atoms with Crippen molar-refractivity contribution < 1.29 is 4.55 Å². The molecule has 3 nitrogen and oxygen atoms in total. The van der Waals surface area contributed by atoms with Crippen molar-refractivity contribution in [3.63, 3.8) is 0 Å². The van der Waals surface area contributed by atoms with Crippen molar-refractivity contribution in [3.05, 3.63) is 29.6 Å². The molecule has 4 heteroatoms. The first-order chi connectivity index (χ1) is 9.92. The molecule has 2 aliphatic rings. The molecule has 1 saturated carbocycles. The maximum Gasteiger partial charge on any atom is 0.144 e. The largest absolute Gasteiger partial charge is 0.591 e. The van der Waals surface area contributed by atoms with E-state index < -0.39 is 11.4 Å². The number of rotatable bonds is 1. The highest BCUT2D eigenvalue weighted by molar-refractivity contribution is 7.91. The van der Waals surface area contributed by atoms with Gasteiger partial charge < -0.3 is 4.55 Å². The first-order valence-corrected chi connectivity index (χ1v) is 8.97. The number of aromatic nitrogens is 1. The second kappa shape index (κ2) is 5.40. The lowest BCUT2D eigenvalue weighted by molar-refractivity contribution is 0.291. The summed E-state index contributed by atoms with van der Waals surface area (Å²) in [6, 6.07) is 2.11. The zero-order valence-corrected chi connectivity index (χ0v) is 14.0. The molecule has 0 aromatic carbocycles. The molecule has 0 N–H and O–H groups in total. The number of nitrogens with zero attached hydrogens (tertiary/aromatic N) is 2. The summed E-state index contributed by atoms with van der Waals surface area (Å²) >= 11 is -1.20. The molecule has 1 atom stereocenters. The monoisotopic (exact) mass is 304 g/mol. The van der Waals surface area contributed by atoms with Crippen LogP contribution in [0.5, 0.6) is 0 Å². The second-order valence-electron chi connectivity index (χ2n) is 7.35. The number of hydrogen-bond acceptors (Lipinski definition) is 3. The first kappa shape index (κ1) is 15.0. The fraction of sp³-hybridized carbons (Fsp3) is 0.647. The van der Waals surface area contributed by atoms with Crippen molar-refractivity contribution in [3.8, 4) is 0 Å². The Hall–Kier alpha value is -0.870. The average Bonchev–Trinajstić information content (AvgIpc) is 2.72. The Bertz CT molecular complexity index is 556. The van der Waals surface area contributed by atoms with Gasteiger partial charge in [-0.05, 0) is 51.7 Å². The van der Waals surface area contributed by atoms with Crippen molar-refractivity contribution in [1.82, 2.24) is 4.98 Å². The van der Waals surface area contributed by atoms with Gasteiger partial charge in [-0.15, -0.1) is 0 Å². The minimum atomic E-state index is -1.20. The molecule has 1 unspecified atom stereocenters. The minimum absolute atomic E-state index is 0.116. The topological polar surface area (TPSA) is 48.3 Å². The maximum atomic E-state index is 12.6. The smallest absolute Gasteiger partial charge is 0.144 e. The summed E-state index contributed by atoms with van der Waals surface area (Å²) in [5.74, 6) is 0. The standard InChI is InChI=1S/C17H24N2OS/c1-16(2,3)21(20)19-15-14-12-18-10-7-13(14)11-17(15)8-5-4-6-9-17/h7,10,12H,4-6,8-9,11H2,1-3H3. The Morgan fingerprint density at radius 2 is 1.95 bits per heavy atom. The summed E-state index contributed by atoms with van der Waals surface area (Å²) < 4.78 is 17.0. The lowest BCUT2D eigenvalue weighted by Gasteiger charge is -2.33. The molecule has 1 aromatic rings. The summed E-state index contributed by atoms with van der Waals surface area (Å²) in [6.45, 7) is 5.96. The van der Waals surface area contributed by atoms with Crippen molar-refractivity contribution in [2.24, 2.45) is 9.81 Å². The van der Waals surface area contributed by atoms with Crippen LogP contribution in [0.1, 0.15) is 64.0 Å². The van der Waals surface area contributed by atoms with Crippen molar-refractivity contribution in [1.29, 1.82) is 0 Å². The van der Waals surface area contributed by atoms with Gasteiger partial charge in [0.2, 0.25) is 0 Å². The van der Waals surface area contributed by atoms with Gasteiger partial charge >= 0.3 is 0 Å². The quantitative estimate of drug-likeness (QED) is 0.740. The number of pyridine rings is 1. The zero-order valence-electron chi connectivity index (χ0n) is 13.2. The summed E-state index contributed by atoms with van der Waals surface area (Å²) in [5.41, 5.74) is 3.65. The molecule has 0 amide bonds. The van der Waals surface area contributed by atoms with E-state index in [4.69, 9.17) is 4.40 Å². The molecule has 1 fully saturated rings. The van der Waals surface area contributed by atoms with Crippen LogP contribution in [0.3, 0.4) is 0 Å². The van der Waals surface area contributed by atoms with E-state index in [1.807, 2.05) is 33.2 Å². The van der Waals surface area contributed by atoms with E-state index in [2.05, 4.69) is 11.1 Å². The van der Waals surface area contributed by atoms with Crippen LogP contribution in [0, 0.1) is 5.41 Å². The van der Waals surface area contributed by atoms with Gasteiger partial charge in [-0.25, -0.2) is 0 Å². The van der Waals surface area contributed by atoms with Crippen LogP contribution in [0.15, 0.2) is 22.9 Å². The molecule has 0 radical (unpaired) electrons. The van der Waals surface area contributed by atoms with Crippen molar-refractivity contribution >= 4 is 17.1 Å². The van der Waals surface area contributed by atoms with E-state index >= 15 is 0 Å². The van der Waals surface area contributed by atoms with E-state index in [0.29, 0.717) is 0 Å². The Balaban J connectivity index is 2.05. The number of hydrogen-bond donors (Lipinski definition) is 0. The van der Waals surface area contributed by atoms with E-state index in [0.717, 1.165) is 17.7 Å². The van der Waals surface area contributed by atoms with Crippen LogP contribution < -0.4 is 0 Å². The molecule has 1 aromatic heterocycles. The van der Waals surface area contributed by atoms with Crippen LogP contribution in [-0.2, 0) is 17.8 Å². The van der Waals surface area contributed by atoms with Gasteiger partial charge in [-0.3, -0.25) is 4.98 Å². The molecule has 0 saturated heterocycles. The highest BCUT2D eigenvalue weighted by atomic mass is 32.2. The Kier molecular flexibility index (Phi) is 3.87. The zero-order chi connectivity index (χ0) is 15.1. The first-order valence-electron chi connectivity index (χ1n) is 7.87. The lowest BCUT2D eigenvalue weighted by atomic mass is 9.71. The predicted molar refractivity (Wildman–Crippen MR) is 87.9 cm³/mol. The van der Waals surface area contributed by atoms with Crippen LogP contribution in [-0.4, -0.2) is 20.0 Å². The van der Waals surface area contributed by atoms with Gasteiger partial charge in [-0.2, -0.15) is 0 Å². The molecule has 0 aliphatic heterocycles. The third kappa shape index (κ3) is 2.76. The van der Waals surface area contributed by atoms with E-state index in [9.17, 15) is 4.55 Å². The SMILES string of the molecule is CC(C)(C)[S+]([O-])N=C1c2cnccc2CC12CCCCC2. The summed E-state index contributed by atoms with van der Waals surface area (Å²) in [7, 11) is 0. The van der Waals surface area contributed by atoms with Crippen LogP contribution in [0.2, 0.25) is 0 Å². The molecular weight excluding hydrogens is 280 g/mol. The van der Waals surface area contributed by atoms with Crippen LogP contribution >= 0.6 is 0 Å². The fourth-order valence-corrected chi connectivity index (χ4v) is 4.26. The molecule has 21 heavy (non-hydrogen) atoms. The number of fused-ring (bicyclic) bond motifs is 1. The predicted octanol–water partition coefficient (Wildman–Crippen LogP) is 3.84. The molecule has 2 aliphatic carbocycles. The third-order valence-corrected chi connectivity index (χ3v) is 6.10. The Morgan fingerprint density at radius 1 is 1.24 bits per heavy atom. The van der Waals surface area contributed by atoms with Gasteiger partial charge in [0.15, 0.2) is 0 Å². The minimum Gasteiger partial charge on any atom is -0.591 e. The van der Waals surface area contributed by atoms with Crippen LogP contribution in [0.4, 0.5) is 0 Å². The molecule has 0 bridgehead atoms. The van der Waals surface area contributed by atoms with E-state index in [1.165, 1.54) is 37.7 Å². The van der Waals surface area contributed by atoms with E-state index in [1.54, 1.807) is 0 Å². The Labute approximate surface area is 130 Å². The highest BCUT2D eigenvalue weighted by Crippen LogP contribution is 2.48. The average molecular weight is 304 g/mol. The summed E-state index contributed by atoms with van der Waals surface area (Å²) in [5, 5.41) is 0. The van der Waals surface area contributed by atoms with Gasteiger partial charge in [0.25, 0.3) is 0 Å². The third-order valence-electron chi connectivity index (χ3n) is 4.71. The molecular formula is C17H24N2OS. The van der Waals surface area contributed by atoms with Crippen molar-refractivity contribution in [2.75, 3.05) is 0 Å². The maximum absolute atomic E-state index is 12.6. The lowest BCUT2D eigenvalue weighted by Crippen LogP contribution is -2.34. The molecule has 114 valence electrons. The van der Waals surface area contributed by atoms with Gasteiger partial charge in [0.05, 0.1) is 0 Å². The highest BCUT2D eigenvalue weighted by Gasteiger charge is 2.46. The molecule has 1 spiro atoms.